The first kappa shape index (κ1) is 15.6. The molecule has 26 heavy (non-hydrogen) atoms. The van der Waals surface area contributed by atoms with Crippen LogP contribution in [0.3, 0.4) is 0 Å². The van der Waals surface area contributed by atoms with Gasteiger partial charge in [0.15, 0.2) is 0 Å². The standard InChI is InChI=1S/C19H21N5O2/c25-18-14-3-1-2-4-16(14)24-17(21-18)15(11-20-24)19(26)23-9-7-22(8-10-23)12-13-5-6-13/h1-4,11,13H,5-10,12H2,(H,21,25). The third-order valence-electron chi connectivity index (χ3n) is 5.48. The van der Waals surface area contributed by atoms with Crippen molar-refractivity contribution in [3.05, 3.63) is 46.4 Å². The average molecular weight is 351 g/mol. The van der Waals surface area contributed by atoms with Gasteiger partial charge in [-0.3, -0.25) is 14.5 Å². The van der Waals surface area contributed by atoms with E-state index in [4.69, 9.17) is 0 Å². The van der Waals surface area contributed by atoms with Gasteiger partial charge in [-0.05, 0) is 30.9 Å². The first-order valence-electron chi connectivity index (χ1n) is 9.21. The fourth-order valence-corrected chi connectivity index (χ4v) is 3.80. The Labute approximate surface area is 150 Å². The Bertz CT molecular complexity index is 1040. The molecule has 1 saturated heterocycles. The zero-order valence-corrected chi connectivity index (χ0v) is 14.5. The average Bonchev–Trinajstić information content (AvgIpc) is 3.38. The van der Waals surface area contributed by atoms with Crippen LogP contribution >= 0.6 is 0 Å². The number of hydrogen-bond acceptors (Lipinski definition) is 4. The Kier molecular flexibility index (Phi) is 3.56. The van der Waals surface area contributed by atoms with E-state index in [1.165, 1.54) is 12.8 Å². The highest BCUT2D eigenvalue weighted by Gasteiger charge is 2.29. The van der Waals surface area contributed by atoms with E-state index in [0.29, 0.717) is 22.1 Å². The van der Waals surface area contributed by atoms with Crippen LogP contribution in [0.15, 0.2) is 35.3 Å². The molecular weight excluding hydrogens is 330 g/mol. The van der Waals surface area contributed by atoms with Crippen molar-refractivity contribution in [2.75, 3.05) is 32.7 Å². The zero-order valence-electron chi connectivity index (χ0n) is 14.5. The summed E-state index contributed by atoms with van der Waals surface area (Å²) in [5, 5.41) is 4.92. The number of carbonyl (C=O) groups is 1. The zero-order chi connectivity index (χ0) is 17.7. The molecular formula is C19H21N5O2. The number of H-pyrrole nitrogens is 1. The second-order valence-corrected chi connectivity index (χ2v) is 7.33. The largest absolute Gasteiger partial charge is 0.336 e. The van der Waals surface area contributed by atoms with Crippen LogP contribution in [-0.4, -0.2) is 63.0 Å². The Morgan fingerprint density at radius 1 is 1.15 bits per heavy atom. The van der Waals surface area contributed by atoms with Crippen molar-refractivity contribution in [3.8, 4) is 0 Å². The van der Waals surface area contributed by atoms with Crippen molar-refractivity contribution in [1.82, 2.24) is 24.4 Å². The van der Waals surface area contributed by atoms with E-state index in [1.807, 2.05) is 23.1 Å². The first-order chi connectivity index (χ1) is 12.7. The number of rotatable bonds is 3. The number of nitrogens with zero attached hydrogens (tertiary/aromatic N) is 4. The molecule has 1 saturated carbocycles. The number of aromatic amines is 1. The highest BCUT2D eigenvalue weighted by molar-refractivity contribution is 6.00. The molecule has 7 heteroatoms. The fourth-order valence-electron chi connectivity index (χ4n) is 3.80. The summed E-state index contributed by atoms with van der Waals surface area (Å²) in [5.74, 6) is 0.812. The highest BCUT2D eigenvalue weighted by atomic mass is 16.2. The number of para-hydroxylation sites is 1. The van der Waals surface area contributed by atoms with Crippen LogP contribution in [0.2, 0.25) is 0 Å². The fraction of sp³-hybridized carbons (Fsp3) is 0.421. The van der Waals surface area contributed by atoms with Gasteiger partial charge >= 0.3 is 0 Å². The molecule has 2 fully saturated rings. The van der Waals surface area contributed by atoms with E-state index >= 15 is 0 Å². The van der Waals surface area contributed by atoms with Gasteiger partial charge < -0.3 is 9.88 Å². The summed E-state index contributed by atoms with van der Waals surface area (Å²) in [5.41, 5.74) is 1.44. The van der Waals surface area contributed by atoms with Crippen LogP contribution in [0, 0.1) is 5.92 Å². The minimum absolute atomic E-state index is 0.0583. The van der Waals surface area contributed by atoms with E-state index in [1.54, 1.807) is 16.8 Å². The lowest BCUT2D eigenvalue weighted by molar-refractivity contribution is 0.0633. The number of nitrogens with one attached hydrogen (secondary N) is 1. The molecule has 2 aromatic heterocycles. The van der Waals surface area contributed by atoms with Crippen LogP contribution in [0.4, 0.5) is 0 Å². The number of benzene rings is 1. The van der Waals surface area contributed by atoms with E-state index in [2.05, 4.69) is 15.0 Å². The van der Waals surface area contributed by atoms with Crippen LogP contribution in [0.5, 0.6) is 0 Å². The van der Waals surface area contributed by atoms with Gasteiger partial charge in [-0.2, -0.15) is 5.10 Å². The molecule has 1 aromatic carbocycles. The smallest absolute Gasteiger partial charge is 0.259 e. The van der Waals surface area contributed by atoms with Crippen LogP contribution in [-0.2, 0) is 0 Å². The van der Waals surface area contributed by atoms with Crippen molar-refractivity contribution >= 4 is 22.5 Å². The van der Waals surface area contributed by atoms with Crippen molar-refractivity contribution in [2.24, 2.45) is 5.92 Å². The maximum atomic E-state index is 13.0. The third-order valence-corrected chi connectivity index (χ3v) is 5.48. The quantitative estimate of drug-likeness (QED) is 0.773. The summed E-state index contributed by atoms with van der Waals surface area (Å²) in [6.45, 7) is 4.45. The van der Waals surface area contributed by atoms with Gasteiger partial charge in [0.25, 0.3) is 11.5 Å². The second kappa shape index (κ2) is 5.95. The summed E-state index contributed by atoms with van der Waals surface area (Å²) in [6, 6.07) is 7.29. The van der Waals surface area contributed by atoms with Gasteiger partial charge in [0.1, 0.15) is 11.2 Å². The lowest BCUT2D eigenvalue weighted by atomic mass is 10.2. The molecule has 3 aromatic rings. The number of carbonyl (C=O) groups excluding carboxylic acids is 1. The van der Waals surface area contributed by atoms with Crippen molar-refractivity contribution < 1.29 is 4.79 Å². The molecule has 1 amide bonds. The maximum Gasteiger partial charge on any atom is 0.259 e. The molecule has 1 aliphatic heterocycles. The van der Waals surface area contributed by atoms with E-state index in [-0.39, 0.29) is 11.5 Å². The van der Waals surface area contributed by atoms with Gasteiger partial charge in [-0.15, -0.1) is 0 Å². The molecule has 0 bridgehead atoms. The molecule has 0 unspecified atom stereocenters. The summed E-state index contributed by atoms with van der Waals surface area (Å²) in [4.78, 5) is 32.5. The SMILES string of the molecule is O=C(c1cnn2c1[nH]c(=O)c1ccccc12)N1CCN(CC2CC2)CC1. The Morgan fingerprint density at radius 2 is 1.92 bits per heavy atom. The van der Waals surface area contributed by atoms with Gasteiger partial charge in [-0.25, -0.2) is 4.52 Å². The van der Waals surface area contributed by atoms with Gasteiger partial charge in [0, 0.05) is 32.7 Å². The molecule has 7 nitrogen and oxygen atoms in total. The normalized spacial score (nSPS) is 18.7. The second-order valence-electron chi connectivity index (χ2n) is 7.33. The first-order valence-corrected chi connectivity index (χ1v) is 9.21. The monoisotopic (exact) mass is 351 g/mol. The van der Waals surface area contributed by atoms with Crippen molar-refractivity contribution in [2.45, 2.75) is 12.8 Å². The van der Waals surface area contributed by atoms with Crippen molar-refractivity contribution in [1.29, 1.82) is 0 Å². The number of amides is 1. The van der Waals surface area contributed by atoms with Crippen LogP contribution in [0.25, 0.3) is 16.6 Å². The molecule has 1 N–H and O–H groups in total. The Morgan fingerprint density at radius 3 is 2.69 bits per heavy atom. The predicted octanol–water partition coefficient (Wildman–Crippen LogP) is 1.34. The topological polar surface area (TPSA) is 73.7 Å². The minimum Gasteiger partial charge on any atom is -0.336 e. The van der Waals surface area contributed by atoms with E-state index in [9.17, 15) is 9.59 Å². The maximum absolute atomic E-state index is 13.0. The van der Waals surface area contributed by atoms with Crippen LogP contribution in [0.1, 0.15) is 23.2 Å². The summed E-state index contributed by atoms with van der Waals surface area (Å²) in [6.07, 6.45) is 4.27. The third kappa shape index (κ3) is 2.59. The molecule has 134 valence electrons. The number of fused-ring (bicyclic) bond motifs is 3. The Balaban J connectivity index is 1.43. The minimum atomic E-state index is -0.197. The molecule has 0 atom stereocenters. The summed E-state index contributed by atoms with van der Waals surface area (Å²) in [7, 11) is 0. The molecule has 3 heterocycles. The van der Waals surface area contributed by atoms with Crippen LogP contribution < -0.4 is 5.56 Å². The molecule has 1 aliphatic carbocycles. The lowest BCUT2D eigenvalue weighted by Crippen LogP contribution is -2.49. The molecule has 0 spiro atoms. The highest BCUT2D eigenvalue weighted by Crippen LogP contribution is 2.30. The molecule has 2 aliphatic rings. The van der Waals surface area contributed by atoms with E-state index < -0.39 is 0 Å². The van der Waals surface area contributed by atoms with Gasteiger partial charge in [-0.1, -0.05) is 12.1 Å². The number of piperazine rings is 1. The predicted molar refractivity (Wildman–Crippen MR) is 98.4 cm³/mol. The lowest BCUT2D eigenvalue weighted by Gasteiger charge is -2.34. The molecule has 5 rings (SSSR count). The number of hydrogen-bond donors (Lipinski definition) is 1. The Hall–Kier alpha value is -2.67. The molecule has 0 radical (unpaired) electrons. The van der Waals surface area contributed by atoms with E-state index in [0.717, 1.165) is 38.6 Å². The van der Waals surface area contributed by atoms with Crippen molar-refractivity contribution in [3.63, 3.8) is 0 Å². The van der Waals surface area contributed by atoms with Gasteiger partial charge in [0.2, 0.25) is 0 Å². The summed E-state index contributed by atoms with van der Waals surface area (Å²) >= 11 is 0. The summed E-state index contributed by atoms with van der Waals surface area (Å²) < 4.78 is 1.65. The number of aromatic nitrogens is 3. The van der Waals surface area contributed by atoms with Gasteiger partial charge in [0.05, 0.1) is 17.1 Å².